The lowest BCUT2D eigenvalue weighted by atomic mass is 9.89. The molecule has 2 aromatic carbocycles. The summed E-state index contributed by atoms with van der Waals surface area (Å²) in [4.78, 5) is 37.0. The van der Waals surface area contributed by atoms with Crippen molar-refractivity contribution >= 4 is 17.5 Å². The Kier molecular flexibility index (Phi) is 7.05. The number of ketones is 2. The van der Waals surface area contributed by atoms with E-state index in [-0.39, 0.29) is 42.7 Å². The number of hydrogen-bond donors (Lipinski definition) is 0. The first-order chi connectivity index (χ1) is 12.7. The Morgan fingerprint density at radius 3 is 1.96 bits per heavy atom. The van der Waals surface area contributed by atoms with Gasteiger partial charge in [0.2, 0.25) is 0 Å². The Hall–Kier alpha value is -2.75. The zero-order valence-electron chi connectivity index (χ0n) is 16.1. The summed E-state index contributed by atoms with van der Waals surface area (Å²) in [6.45, 7) is 5.43. The summed E-state index contributed by atoms with van der Waals surface area (Å²) in [5.41, 5.74) is 0.837. The number of hydrogen-bond acceptors (Lipinski definition) is 4. The molecule has 4 nitrogen and oxygen atoms in total. The third-order valence-electron chi connectivity index (χ3n) is 4.03. The maximum Gasteiger partial charge on any atom is 0.306 e. The van der Waals surface area contributed by atoms with Gasteiger partial charge in [0.25, 0.3) is 0 Å². The summed E-state index contributed by atoms with van der Waals surface area (Å²) >= 11 is 0. The Labute approximate surface area is 160 Å². The fourth-order valence-electron chi connectivity index (χ4n) is 2.87. The fourth-order valence-corrected chi connectivity index (χ4v) is 2.87. The highest BCUT2D eigenvalue weighted by atomic mass is 16.6. The third kappa shape index (κ3) is 7.18. The van der Waals surface area contributed by atoms with E-state index in [4.69, 9.17) is 4.74 Å². The van der Waals surface area contributed by atoms with E-state index < -0.39 is 5.60 Å². The minimum absolute atomic E-state index is 0.104. The molecular weight excluding hydrogens is 340 g/mol. The van der Waals surface area contributed by atoms with E-state index in [0.29, 0.717) is 5.56 Å². The standard InChI is InChI=1S/C23H26O4/c1-23(2,3)27-22(26)15-19(17-10-6-4-7-11-17)14-20(24)16-21(25)18-12-8-5-9-13-18/h4-13,19H,14-16H2,1-3H3. The molecule has 0 amide bonds. The second-order valence-corrected chi connectivity index (χ2v) is 7.61. The van der Waals surface area contributed by atoms with Crippen LogP contribution in [0.4, 0.5) is 0 Å². The molecule has 0 aliphatic heterocycles. The van der Waals surface area contributed by atoms with Crippen molar-refractivity contribution in [1.82, 2.24) is 0 Å². The van der Waals surface area contributed by atoms with Crippen LogP contribution in [-0.4, -0.2) is 23.1 Å². The van der Waals surface area contributed by atoms with Crippen molar-refractivity contribution in [2.24, 2.45) is 0 Å². The van der Waals surface area contributed by atoms with Crippen molar-refractivity contribution in [3.05, 3.63) is 71.8 Å². The largest absolute Gasteiger partial charge is 0.460 e. The van der Waals surface area contributed by atoms with Gasteiger partial charge >= 0.3 is 5.97 Å². The first-order valence-electron chi connectivity index (χ1n) is 9.11. The molecule has 1 unspecified atom stereocenters. The van der Waals surface area contributed by atoms with E-state index in [1.54, 1.807) is 24.3 Å². The van der Waals surface area contributed by atoms with Gasteiger partial charge in [0.05, 0.1) is 12.8 Å². The highest BCUT2D eigenvalue weighted by Gasteiger charge is 2.24. The monoisotopic (exact) mass is 366 g/mol. The van der Waals surface area contributed by atoms with Crippen LogP contribution in [0.3, 0.4) is 0 Å². The molecule has 0 spiro atoms. The first kappa shape index (κ1) is 20.6. The highest BCUT2D eigenvalue weighted by Crippen LogP contribution is 2.26. The first-order valence-corrected chi connectivity index (χ1v) is 9.11. The van der Waals surface area contributed by atoms with Gasteiger partial charge in [-0.15, -0.1) is 0 Å². The molecule has 0 saturated heterocycles. The molecule has 0 aliphatic carbocycles. The SMILES string of the molecule is CC(C)(C)OC(=O)CC(CC(=O)CC(=O)c1ccccc1)c1ccccc1. The number of rotatable bonds is 8. The summed E-state index contributed by atoms with van der Waals surface area (Å²) in [6, 6.07) is 18.2. The van der Waals surface area contributed by atoms with Gasteiger partial charge in [-0.05, 0) is 26.3 Å². The lowest BCUT2D eigenvalue weighted by molar-refractivity contribution is -0.155. The zero-order chi connectivity index (χ0) is 19.9. The van der Waals surface area contributed by atoms with E-state index in [1.165, 1.54) is 0 Å². The molecule has 0 aliphatic rings. The van der Waals surface area contributed by atoms with Gasteiger partial charge in [-0.1, -0.05) is 60.7 Å². The van der Waals surface area contributed by atoms with Gasteiger partial charge in [-0.2, -0.15) is 0 Å². The topological polar surface area (TPSA) is 60.4 Å². The summed E-state index contributed by atoms with van der Waals surface area (Å²) in [5.74, 6) is -1.04. The van der Waals surface area contributed by atoms with Gasteiger partial charge in [0.15, 0.2) is 5.78 Å². The maximum atomic E-state index is 12.5. The third-order valence-corrected chi connectivity index (χ3v) is 4.03. The lowest BCUT2D eigenvalue weighted by Gasteiger charge is -2.22. The Balaban J connectivity index is 2.06. The molecule has 0 saturated carbocycles. The van der Waals surface area contributed by atoms with Crippen molar-refractivity contribution in [3.8, 4) is 0 Å². The van der Waals surface area contributed by atoms with Gasteiger partial charge in [-0.3, -0.25) is 14.4 Å². The molecule has 0 bridgehead atoms. The van der Waals surface area contributed by atoms with E-state index >= 15 is 0 Å². The van der Waals surface area contributed by atoms with Crippen LogP contribution < -0.4 is 0 Å². The quantitative estimate of drug-likeness (QED) is 0.385. The van der Waals surface area contributed by atoms with Crippen molar-refractivity contribution in [3.63, 3.8) is 0 Å². The van der Waals surface area contributed by atoms with E-state index in [1.807, 2.05) is 57.2 Å². The van der Waals surface area contributed by atoms with Gasteiger partial charge < -0.3 is 4.74 Å². The van der Waals surface area contributed by atoms with Crippen molar-refractivity contribution in [1.29, 1.82) is 0 Å². The van der Waals surface area contributed by atoms with Crippen LogP contribution in [0.15, 0.2) is 60.7 Å². The Morgan fingerprint density at radius 1 is 0.852 bits per heavy atom. The molecule has 1 atom stereocenters. The van der Waals surface area contributed by atoms with Crippen LogP contribution in [0.1, 0.15) is 61.9 Å². The summed E-state index contributed by atoms with van der Waals surface area (Å²) in [5, 5.41) is 0. The lowest BCUT2D eigenvalue weighted by Crippen LogP contribution is -2.25. The molecular formula is C23H26O4. The van der Waals surface area contributed by atoms with E-state index in [2.05, 4.69) is 0 Å². The number of Topliss-reactive ketones (excluding diaryl/α,β-unsaturated/α-hetero) is 2. The predicted molar refractivity (Wildman–Crippen MR) is 105 cm³/mol. The number of carbonyl (C=O) groups is 3. The Bertz CT molecular complexity index is 773. The van der Waals surface area contributed by atoms with Crippen LogP contribution in [0.2, 0.25) is 0 Å². The van der Waals surface area contributed by atoms with Crippen molar-refractivity contribution in [2.75, 3.05) is 0 Å². The molecule has 2 aromatic rings. The van der Waals surface area contributed by atoms with Gasteiger partial charge in [0, 0.05) is 17.9 Å². The summed E-state index contributed by atoms with van der Waals surface area (Å²) < 4.78 is 5.40. The number of benzene rings is 2. The second kappa shape index (κ2) is 9.26. The fraction of sp³-hybridized carbons (Fsp3) is 0.348. The number of ether oxygens (including phenoxy) is 1. The molecule has 4 heteroatoms. The summed E-state index contributed by atoms with van der Waals surface area (Å²) in [7, 11) is 0. The van der Waals surface area contributed by atoms with E-state index in [0.717, 1.165) is 5.56 Å². The zero-order valence-corrected chi connectivity index (χ0v) is 16.1. The summed E-state index contributed by atoms with van der Waals surface area (Å²) in [6.07, 6.45) is 0.0655. The molecule has 0 aromatic heterocycles. The minimum atomic E-state index is -0.578. The predicted octanol–water partition coefficient (Wildman–Crippen LogP) is 4.73. The Morgan fingerprint density at radius 2 is 1.41 bits per heavy atom. The van der Waals surface area contributed by atoms with Crippen LogP contribution in [0, 0.1) is 0 Å². The van der Waals surface area contributed by atoms with Crippen LogP contribution in [0.5, 0.6) is 0 Å². The average Bonchev–Trinajstić information content (AvgIpc) is 2.61. The van der Waals surface area contributed by atoms with Gasteiger partial charge in [0.1, 0.15) is 11.4 Å². The smallest absolute Gasteiger partial charge is 0.306 e. The van der Waals surface area contributed by atoms with Crippen molar-refractivity contribution < 1.29 is 19.1 Å². The minimum Gasteiger partial charge on any atom is -0.460 e. The normalized spacial score (nSPS) is 12.3. The molecule has 27 heavy (non-hydrogen) atoms. The number of carbonyl (C=O) groups excluding carboxylic acids is 3. The maximum absolute atomic E-state index is 12.5. The molecule has 0 radical (unpaired) electrons. The second-order valence-electron chi connectivity index (χ2n) is 7.61. The van der Waals surface area contributed by atoms with Crippen molar-refractivity contribution in [2.45, 2.75) is 51.6 Å². The average molecular weight is 366 g/mol. The molecule has 2 rings (SSSR count). The van der Waals surface area contributed by atoms with Crippen LogP contribution in [0.25, 0.3) is 0 Å². The molecule has 0 fully saturated rings. The van der Waals surface area contributed by atoms with E-state index in [9.17, 15) is 14.4 Å². The molecule has 0 N–H and O–H groups in total. The number of esters is 1. The van der Waals surface area contributed by atoms with Crippen LogP contribution >= 0.6 is 0 Å². The molecule has 0 heterocycles. The highest BCUT2D eigenvalue weighted by molar-refractivity contribution is 6.08. The molecule has 142 valence electrons. The van der Waals surface area contributed by atoms with Crippen LogP contribution in [-0.2, 0) is 14.3 Å². The van der Waals surface area contributed by atoms with Gasteiger partial charge in [-0.25, -0.2) is 0 Å².